The van der Waals surface area contributed by atoms with Crippen LogP contribution in [-0.2, 0) is 9.53 Å². The van der Waals surface area contributed by atoms with Crippen LogP contribution < -0.4 is 0 Å². The van der Waals surface area contributed by atoms with Crippen LogP contribution in [0.15, 0.2) is 21.8 Å². The number of hydrogen-bond donors (Lipinski definition) is 0. The van der Waals surface area contributed by atoms with E-state index in [1.807, 2.05) is 0 Å². The van der Waals surface area contributed by atoms with Gasteiger partial charge in [0.2, 0.25) is 5.29 Å². The topological polar surface area (TPSA) is 54.3 Å². The van der Waals surface area contributed by atoms with E-state index in [2.05, 4.69) is 16.7 Å². The van der Waals surface area contributed by atoms with Gasteiger partial charge >= 0.3 is 0 Å². The summed E-state index contributed by atoms with van der Waals surface area (Å²) < 4.78 is 5.19. The number of aliphatic imine (C=N–C) groups is 2. The third-order valence-corrected chi connectivity index (χ3v) is 2.30. The standard InChI is InChI=1S/C10H14ClN3O2/c1-8(6-13-10(11)12-2)9(15)14-4-3-5-16-7-14/h6H,2-5,7H2,1H3/b8-6+,13-10-. The molecule has 0 aromatic heterocycles. The van der Waals surface area contributed by atoms with Gasteiger partial charge in [-0.1, -0.05) is 0 Å². The Hall–Kier alpha value is -1.20. The highest BCUT2D eigenvalue weighted by Crippen LogP contribution is 2.07. The second kappa shape index (κ2) is 6.40. The van der Waals surface area contributed by atoms with Crippen molar-refractivity contribution in [3.63, 3.8) is 0 Å². The number of ether oxygens (including phenoxy) is 1. The minimum atomic E-state index is -0.100. The van der Waals surface area contributed by atoms with Crippen molar-refractivity contribution in [1.29, 1.82) is 0 Å². The molecule has 0 aromatic rings. The molecule has 88 valence electrons. The van der Waals surface area contributed by atoms with Crippen molar-refractivity contribution in [2.75, 3.05) is 19.9 Å². The zero-order valence-corrected chi connectivity index (χ0v) is 9.90. The monoisotopic (exact) mass is 243 g/mol. The van der Waals surface area contributed by atoms with E-state index in [1.165, 1.54) is 6.20 Å². The third kappa shape index (κ3) is 3.75. The highest BCUT2D eigenvalue weighted by molar-refractivity contribution is 6.65. The summed E-state index contributed by atoms with van der Waals surface area (Å²) in [5.74, 6) is -0.100. The Labute approximate surface area is 99.5 Å². The van der Waals surface area contributed by atoms with Crippen LogP contribution in [0.3, 0.4) is 0 Å². The van der Waals surface area contributed by atoms with E-state index in [0.717, 1.165) is 6.42 Å². The Morgan fingerprint density at radius 2 is 2.38 bits per heavy atom. The van der Waals surface area contributed by atoms with Crippen LogP contribution in [0.25, 0.3) is 0 Å². The second-order valence-corrected chi connectivity index (χ2v) is 3.67. The van der Waals surface area contributed by atoms with Crippen molar-refractivity contribution in [2.24, 2.45) is 9.98 Å². The Kier molecular flexibility index (Phi) is 5.14. The van der Waals surface area contributed by atoms with Gasteiger partial charge in [-0.05, 0) is 31.7 Å². The number of amidine groups is 1. The maximum atomic E-state index is 11.8. The van der Waals surface area contributed by atoms with Crippen LogP contribution in [0.2, 0.25) is 0 Å². The van der Waals surface area contributed by atoms with E-state index >= 15 is 0 Å². The molecule has 0 N–H and O–H groups in total. The van der Waals surface area contributed by atoms with Gasteiger partial charge in [0.1, 0.15) is 6.73 Å². The van der Waals surface area contributed by atoms with E-state index < -0.39 is 0 Å². The minimum Gasteiger partial charge on any atom is -0.361 e. The summed E-state index contributed by atoms with van der Waals surface area (Å²) in [7, 11) is 0. The van der Waals surface area contributed by atoms with Crippen LogP contribution in [0, 0.1) is 0 Å². The zero-order valence-electron chi connectivity index (χ0n) is 9.15. The molecule has 1 saturated heterocycles. The van der Waals surface area contributed by atoms with Gasteiger partial charge in [0.15, 0.2) is 0 Å². The summed E-state index contributed by atoms with van der Waals surface area (Å²) in [5, 5.41) is 0.0158. The summed E-state index contributed by atoms with van der Waals surface area (Å²) >= 11 is 5.53. The Bertz CT molecular complexity index is 333. The molecule has 1 aliphatic heterocycles. The Morgan fingerprint density at radius 1 is 1.62 bits per heavy atom. The smallest absolute Gasteiger partial charge is 0.252 e. The first-order valence-corrected chi connectivity index (χ1v) is 5.26. The number of rotatable bonds is 2. The first kappa shape index (κ1) is 12.9. The number of amides is 1. The molecule has 0 atom stereocenters. The molecule has 16 heavy (non-hydrogen) atoms. The molecule has 0 saturated carbocycles. The quantitative estimate of drug-likeness (QED) is 0.319. The van der Waals surface area contributed by atoms with Crippen LogP contribution in [-0.4, -0.2) is 42.7 Å². The average Bonchev–Trinajstić information content (AvgIpc) is 2.35. The Balaban J connectivity index is 2.61. The van der Waals surface area contributed by atoms with Gasteiger partial charge in [-0.15, -0.1) is 0 Å². The van der Waals surface area contributed by atoms with E-state index in [4.69, 9.17) is 16.3 Å². The van der Waals surface area contributed by atoms with Gasteiger partial charge in [0.05, 0.1) is 6.61 Å². The normalized spacial score (nSPS) is 18.5. The van der Waals surface area contributed by atoms with Crippen LogP contribution >= 0.6 is 11.6 Å². The third-order valence-electron chi connectivity index (χ3n) is 2.08. The molecule has 1 heterocycles. The fraction of sp³-hybridized carbons (Fsp3) is 0.500. The van der Waals surface area contributed by atoms with Gasteiger partial charge in [0, 0.05) is 18.3 Å². The summed E-state index contributed by atoms with van der Waals surface area (Å²) in [4.78, 5) is 20.6. The van der Waals surface area contributed by atoms with Crippen molar-refractivity contribution in [2.45, 2.75) is 13.3 Å². The lowest BCUT2D eigenvalue weighted by Gasteiger charge is -2.26. The molecule has 0 aliphatic carbocycles. The van der Waals surface area contributed by atoms with E-state index in [-0.39, 0.29) is 11.2 Å². The molecular formula is C10H14ClN3O2. The molecule has 1 rings (SSSR count). The summed E-state index contributed by atoms with van der Waals surface area (Å²) in [6.45, 7) is 6.64. The number of carbonyl (C=O) groups excluding carboxylic acids is 1. The fourth-order valence-electron chi connectivity index (χ4n) is 1.25. The van der Waals surface area contributed by atoms with Crippen molar-refractivity contribution < 1.29 is 9.53 Å². The van der Waals surface area contributed by atoms with E-state index in [9.17, 15) is 4.79 Å². The van der Waals surface area contributed by atoms with Gasteiger partial charge in [-0.2, -0.15) is 0 Å². The lowest BCUT2D eigenvalue weighted by molar-refractivity contribution is -0.136. The van der Waals surface area contributed by atoms with Gasteiger partial charge in [-0.3, -0.25) is 4.79 Å². The first-order chi connectivity index (χ1) is 7.65. The first-order valence-electron chi connectivity index (χ1n) is 4.89. The SMILES string of the molecule is C=N/C(Cl)=N\C=C(/C)C(=O)N1CCCOC1. The molecule has 0 aromatic carbocycles. The highest BCUT2D eigenvalue weighted by atomic mass is 35.5. The lowest BCUT2D eigenvalue weighted by Crippen LogP contribution is -2.38. The maximum Gasteiger partial charge on any atom is 0.252 e. The summed E-state index contributed by atoms with van der Waals surface area (Å²) in [6, 6.07) is 0. The van der Waals surface area contributed by atoms with Crippen molar-refractivity contribution in [1.82, 2.24) is 4.90 Å². The van der Waals surface area contributed by atoms with Crippen molar-refractivity contribution in [3.05, 3.63) is 11.8 Å². The van der Waals surface area contributed by atoms with Gasteiger partial charge < -0.3 is 9.64 Å². The summed E-state index contributed by atoms with van der Waals surface area (Å²) in [6.07, 6.45) is 2.24. The number of carbonyl (C=O) groups is 1. The number of halogens is 1. The predicted octanol–water partition coefficient (Wildman–Crippen LogP) is 1.39. The largest absolute Gasteiger partial charge is 0.361 e. The molecule has 6 heteroatoms. The fourth-order valence-corrected chi connectivity index (χ4v) is 1.30. The van der Waals surface area contributed by atoms with E-state index in [0.29, 0.717) is 25.5 Å². The molecule has 1 aliphatic rings. The maximum absolute atomic E-state index is 11.8. The molecule has 0 spiro atoms. The number of hydrogen-bond acceptors (Lipinski definition) is 3. The molecular weight excluding hydrogens is 230 g/mol. The molecule has 1 fully saturated rings. The second-order valence-electron chi connectivity index (χ2n) is 3.33. The predicted molar refractivity (Wildman–Crippen MR) is 63.7 cm³/mol. The van der Waals surface area contributed by atoms with Crippen LogP contribution in [0.5, 0.6) is 0 Å². The lowest BCUT2D eigenvalue weighted by atomic mass is 10.2. The highest BCUT2D eigenvalue weighted by Gasteiger charge is 2.17. The Morgan fingerprint density at radius 3 is 2.94 bits per heavy atom. The molecule has 0 radical (unpaired) electrons. The van der Waals surface area contributed by atoms with Gasteiger partial charge in [-0.25, -0.2) is 9.98 Å². The molecule has 0 unspecified atom stereocenters. The van der Waals surface area contributed by atoms with Crippen LogP contribution in [0.4, 0.5) is 0 Å². The van der Waals surface area contributed by atoms with E-state index in [1.54, 1.807) is 11.8 Å². The van der Waals surface area contributed by atoms with Crippen LogP contribution in [0.1, 0.15) is 13.3 Å². The van der Waals surface area contributed by atoms with Gasteiger partial charge in [0.25, 0.3) is 5.91 Å². The number of nitrogens with zero attached hydrogens (tertiary/aromatic N) is 3. The molecule has 0 bridgehead atoms. The molecule has 1 amide bonds. The average molecular weight is 244 g/mol. The van der Waals surface area contributed by atoms with Crippen molar-refractivity contribution in [3.8, 4) is 0 Å². The minimum absolute atomic E-state index is 0.0158. The summed E-state index contributed by atoms with van der Waals surface area (Å²) in [5.41, 5.74) is 0.493. The van der Waals surface area contributed by atoms with Crippen molar-refractivity contribution >= 4 is 29.5 Å². The molecule has 5 nitrogen and oxygen atoms in total. The zero-order chi connectivity index (χ0) is 12.0.